The molecule has 0 aliphatic rings. The van der Waals surface area contributed by atoms with E-state index < -0.39 is 0 Å². The highest BCUT2D eigenvalue weighted by Crippen LogP contribution is 2.32. The zero-order valence-electron chi connectivity index (χ0n) is 13.1. The summed E-state index contributed by atoms with van der Waals surface area (Å²) in [6, 6.07) is 3.93. The number of aromatic nitrogens is 4. The van der Waals surface area contributed by atoms with Crippen LogP contribution >= 0.6 is 27.3 Å². The van der Waals surface area contributed by atoms with E-state index in [2.05, 4.69) is 36.2 Å². The second-order valence-corrected chi connectivity index (χ2v) is 6.99. The lowest BCUT2D eigenvalue weighted by atomic mass is 10.3. The van der Waals surface area contributed by atoms with Crippen LogP contribution in [0.25, 0.3) is 10.6 Å². The highest BCUT2D eigenvalue weighted by Gasteiger charge is 2.10. The molecule has 0 spiro atoms. The summed E-state index contributed by atoms with van der Waals surface area (Å²) in [6.45, 7) is 0.617. The average molecular weight is 393 g/mol. The van der Waals surface area contributed by atoms with E-state index in [1.165, 1.54) is 0 Å². The summed E-state index contributed by atoms with van der Waals surface area (Å²) in [5.74, 6) is 1.52. The Balaban J connectivity index is 1.76. The van der Waals surface area contributed by atoms with Gasteiger partial charge in [-0.05, 0) is 33.4 Å². The summed E-state index contributed by atoms with van der Waals surface area (Å²) in [5.41, 5.74) is 1.98. The fourth-order valence-electron chi connectivity index (χ4n) is 2.23. The highest BCUT2D eigenvalue weighted by atomic mass is 79.9. The van der Waals surface area contributed by atoms with Gasteiger partial charge in [-0.25, -0.2) is 15.0 Å². The van der Waals surface area contributed by atoms with Crippen LogP contribution in [-0.4, -0.2) is 33.6 Å². The van der Waals surface area contributed by atoms with Gasteiger partial charge in [0.1, 0.15) is 0 Å². The average Bonchev–Trinajstić information content (AvgIpc) is 3.11. The predicted molar refractivity (Wildman–Crippen MR) is 97.9 cm³/mol. The third kappa shape index (κ3) is 3.37. The molecule has 3 heterocycles. The van der Waals surface area contributed by atoms with E-state index in [9.17, 15) is 0 Å². The molecule has 0 saturated carbocycles. The Labute approximate surface area is 147 Å². The van der Waals surface area contributed by atoms with Crippen molar-refractivity contribution >= 4 is 39.2 Å². The van der Waals surface area contributed by atoms with Crippen molar-refractivity contribution in [3.8, 4) is 10.6 Å². The Morgan fingerprint density at radius 2 is 2.13 bits per heavy atom. The summed E-state index contributed by atoms with van der Waals surface area (Å²) in [5, 5.41) is 5.30. The van der Waals surface area contributed by atoms with Gasteiger partial charge in [0.15, 0.2) is 0 Å². The van der Waals surface area contributed by atoms with Crippen molar-refractivity contribution in [1.29, 1.82) is 0 Å². The number of hydrogen-bond acceptors (Lipinski definition) is 6. The number of halogens is 1. The summed E-state index contributed by atoms with van der Waals surface area (Å²) in [4.78, 5) is 16.4. The molecule has 0 aliphatic carbocycles. The standard InChI is InChI=1S/C15H17BrN6S/c1-21(2)15-19-9-10(22(15)3)8-18-14-17-6-4-12(20-14)13-11(16)5-7-23-13/h4-7,9H,8H2,1-3H3,(H,17,18,20). The molecule has 3 rings (SSSR count). The van der Waals surface area contributed by atoms with Crippen LogP contribution in [0.5, 0.6) is 0 Å². The Morgan fingerprint density at radius 3 is 2.78 bits per heavy atom. The van der Waals surface area contributed by atoms with Gasteiger partial charge in [-0.2, -0.15) is 0 Å². The SMILES string of the molecule is CN(C)c1ncc(CNc2nccc(-c3sccc3Br)n2)n1C. The maximum absolute atomic E-state index is 4.58. The van der Waals surface area contributed by atoms with Crippen molar-refractivity contribution < 1.29 is 0 Å². The Morgan fingerprint density at radius 1 is 1.30 bits per heavy atom. The third-order valence-electron chi connectivity index (χ3n) is 3.39. The molecule has 0 bridgehead atoms. The number of imidazole rings is 1. The molecular weight excluding hydrogens is 376 g/mol. The van der Waals surface area contributed by atoms with Gasteiger partial charge in [-0.15, -0.1) is 11.3 Å². The highest BCUT2D eigenvalue weighted by molar-refractivity contribution is 9.10. The van der Waals surface area contributed by atoms with Gasteiger partial charge < -0.3 is 14.8 Å². The molecule has 0 aliphatic heterocycles. The quantitative estimate of drug-likeness (QED) is 0.720. The lowest BCUT2D eigenvalue weighted by Gasteiger charge is -2.13. The van der Waals surface area contributed by atoms with E-state index in [1.54, 1.807) is 17.5 Å². The maximum atomic E-state index is 4.58. The van der Waals surface area contributed by atoms with Crippen LogP contribution in [0.1, 0.15) is 5.69 Å². The smallest absolute Gasteiger partial charge is 0.223 e. The van der Waals surface area contributed by atoms with Gasteiger partial charge in [0.05, 0.1) is 29.0 Å². The summed E-state index contributed by atoms with van der Waals surface area (Å²) in [6.07, 6.45) is 3.63. The van der Waals surface area contributed by atoms with Crippen LogP contribution in [0.15, 0.2) is 34.4 Å². The zero-order chi connectivity index (χ0) is 16.4. The molecule has 23 heavy (non-hydrogen) atoms. The molecular formula is C15H17BrN6S. The molecule has 0 amide bonds. The van der Waals surface area contributed by atoms with Gasteiger partial charge in [0, 0.05) is 31.8 Å². The van der Waals surface area contributed by atoms with E-state index in [-0.39, 0.29) is 0 Å². The zero-order valence-corrected chi connectivity index (χ0v) is 15.5. The van der Waals surface area contributed by atoms with Gasteiger partial charge in [-0.1, -0.05) is 0 Å². The van der Waals surface area contributed by atoms with Gasteiger partial charge in [0.25, 0.3) is 0 Å². The lowest BCUT2D eigenvalue weighted by molar-refractivity contribution is 0.811. The van der Waals surface area contributed by atoms with E-state index in [0.717, 1.165) is 26.7 Å². The van der Waals surface area contributed by atoms with Gasteiger partial charge >= 0.3 is 0 Å². The number of hydrogen-bond donors (Lipinski definition) is 1. The molecule has 6 nitrogen and oxygen atoms in total. The molecule has 1 N–H and O–H groups in total. The molecule has 0 saturated heterocycles. The second kappa shape index (κ2) is 6.67. The third-order valence-corrected chi connectivity index (χ3v) is 5.25. The Hall–Kier alpha value is -1.93. The van der Waals surface area contributed by atoms with Crippen LogP contribution in [0.4, 0.5) is 11.9 Å². The first kappa shape index (κ1) is 15.9. The van der Waals surface area contributed by atoms with Crippen molar-refractivity contribution in [2.45, 2.75) is 6.54 Å². The van der Waals surface area contributed by atoms with E-state index in [4.69, 9.17) is 0 Å². The first-order valence-electron chi connectivity index (χ1n) is 7.04. The number of rotatable bonds is 5. The largest absolute Gasteiger partial charge is 0.349 e. The fourth-order valence-corrected chi connectivity index (χ4v) is 3.78. The van der Waals surface area contributed by atoms with Crippen molar-refractivity contribution in [3.63, 3.8) is 0 Å². The minimum atomic E-state index is 0.607. The summed E-state index contributed by atoms with van der Waals surface area (Å²) in [7, 11) is 5.95. The molecule has 120 valence electrons. The summed E-state index contributed by atoms with van der Waals surface area (Å²) < 4.78 is 3.10. The van der Waals surface area contributed by atoms with Crippen LogP contribution < -0.4 is 10.2 Å². The van der Waals surface area contributed by atoms with Crippen molar-refractivity contribution in [2.75, 3.05) is 24.3 Å². The number of nitrogens with zero attached hydrogens (tertiary/aromatic N) is 5. The van der Waals surface area contributed by atoms with E-state index in [0.29, 0.717) is 12.5 Å². The topological polar surface area (TPSA) is 58.9 Å². The van der Waals surface area contributed by atoms with Crippen LogP contribution in [0, 0.1) is 0 Å². The molecule has 0 unspecified atom stereocenters. The number of nitrogens with one attached hydrogen (secondary N) is 1. The molecule has 0 atom stereocenters. The maximum Gasteiger partial charge on any atom is 0.223 e. The fraction of sp³-hybridized carbons (Fsp3) is 0.267. The van der Waals surface area contributed by atoms with Crippen LogP contribution in [-0.2, 0) is 13.6 Å². The first-order valence-corrected chi connectivity index (χ1v) is 8.71. The predicted octanol–water partition coefficient (Wildman–Crippen LogP) is 3.38. The molecule has 0 fully saturated rings. The minimum absolute atomic E-state index is 0.607. The van der Waals surface area contributed by atoms with Crippen molar-refractivity contribution in [3.05, 3.63) is 40.1 Å². The van der Waals surface area contributed by atoms with Crippen LogP contribution in [0.2, 0.25) is 0 Å². The normalized spacial score (nSPS) is 10.8. The van der Waals surface area contributed by atoms with E-state index >= 15 is 0 Å². The van der Waals surface area contributed by atoms with E-state index in [1.807, 2.05) is 54.3 Å². The van der Waals surface area contributed by atoms with Gasteiger partial charge in [0.2, 0.25) is 11.9 Å². The monoisotopic (exact) mass is 392 g/mol. The number of anilines is 2. The first-order chi connectivity index (χ1) is 11.1. The molecule has 0 aromatic carbocycles. The minimum Gasteiger partial charge on any atom is -0.349 e. The molecule has 8 heteroatoms. The summed E-state index contributed by atoms with van der Waals surface area (Å²) >= 11 is 5.19. The molecule has 0 radical (unpaired) electrons. The Kier molecular flexibility index (Phi) is 4.63. The molecule has 3 aromatic rings. The van der Waals surface area contributed by atoms with Crippen molar-refractivity contribution in [1.82, 2.24) is 19.5 Å². The lowest BCUT2D eigenvalue weighted by Crippen LogP contribution is -2.15. The van der Waals surface area contributed by atoms with Crippen LogP contribution in [0.3, 0.4) is 0 Å². The molecule has 3 aromatic heterocycles. The van der Waals surface area contributed by atoms with Gasteiger partial charge in [-0.3, -0.25) is 0 Å². The number of thiophene rings is 1. The Bertz CT molecular complexity index is 810. The van der Waals surface area contributed by atoms with Crippen molar-refractivity contribution in [2.24, 2.45) is 7.05 Å². The second-order valence-electron chi connectivity index (χ2n) is 5.22.